The van der Waals surface area contributed by atoms with Gasteiger partial charge in [-0.3, -0.25) is 4.79 Å². The number of carbonyl (C=O) groups excluding carboxylic acids is 1. The minimum absolute atomic E-state index is 0.0756. The predicted molar refractivity (Wildman–Crippen MR) is 106 cm³/mol. The molecule has 5 heteroatoms. The third-order valence-electron chi connectivity index (χ3n) is 4.63. The monoisotopic (exact) mass is 360 g/mol. The van der Waals surface area contributed by atoms with Gasteiger partial charge in [0.25, 0.3) is 5.91 Å². The fourth-order valence-corrected chi connectivity index (χ4v) is 3.02. The number of carbonyl (C=O) groups is 1. The largest absolute Gasteiger partial charge is 0.460 e. The van der Waals surface area contributed by atoms with Gasteiger partial charge in [0.2, 0.25) is 0 Å². The Morgan fingerprint density at radius 2 is 1.92 bits per heavy atom. The summed E-state index contributed by atoms with van der Waals surface area (Å²) in [4.78, 5) is 15.0. The number of furan rings is 1. The highest BCUT2D eigenvalue weighted by atomic mass is 16.5. The summed E-state index contributed by atoms with van der Waals surface area (Å²) in [5.74, 6) is 0.710. The Morgan fingerprint density at radius 1 is 1.15 bits per heavy atom. The van der Waals surface area contributed by atoms with Crippen molar-refractivity contribution in [1.82, 2.24) is 10.2 Å². The Kier molecular flexibility index (Phi) is 8.65. The number of rotatable bonds is 12. The van der Waals surface area contributed by atoms with E-state index in [2.05, 4.69) is 31.0 Å². The lowest BCUT2D eigenvalue weighted by molar-refractivity contribution is 0.0884. The van der Waals surface area contributed by atoms with Gasteiger partial charge in [-0.25, -0.2) is 0 Å². The summed E-state index contributed by atoms with van der Waals surface area (Å²) in [5.41, 5.74) is 1.46. The summed E-state index contributed by atoms with van der Waals surface area (Å²) in [7, 11) is 0. The number of hydrogen-bond donors (Lipinski definition) is 1. The van der Waals surface area contributed by atoms with Gasteiger partial charge in [-0.2, -0.15) is 0 Å². The van der Waals surface area contributed by atoms with Gasteiger partial charge in [0.15, 0.2) is 0 Å². The van der Waals surface area contributed by atoms with Crippen LogP contribution in [0.25, 0.3) is 11.0 Å². The zero-order valence-corrected chi connectivity index (χ0v) is 16.3. The van der Waals surface area contributed by atoms with E-state index in [-0.39, 0.29) is 5.91 Å². The van der Waals surface area contributed by atoms with E-state index in [1.54, 1.807) is 0 Å². The molecule has 2 rings (SSSR count). The lowest BCUT2D eigenvalue weighted by atomic mass is 10.1. The van der Waals surface area contributed by atoms with E-state index in [1.807, 2.05) is 24.3 Å². The van der Waals surface area contributed by atoms with Crippen molar-refractivity contribution in [2.45, 2.75) is 40.0 Å². The van der Waals surface area contributed by atoms with Crippen molar-refractivity contribution in [3.05, 3.63) is 35.6 Å². The third-order valence-corrected chi connectivity index (χ3v) is 4.63. The van der Waals surface area contributed by atoms with E-state index in [0.717, 1.165) is 55.6 Å². The van der Waals surface area contributed by atoms with Crippen molar-refractivity contribution in [2.75, 3.05) is 39.4 Å². The molecule has 5 nitrogen and oxygen atoms in total. The molecular weight excluding hydrogens is 328 g/mol. The van der Waals surface area contributed by atoms with Crippen LogP contribution >= 0.6 is 0 Å². The molecule has 26 heavy (non-hydrogen) atoms. The number of amides is 1. The average Bonchev–Trinajstić information content (AvgIpc) is 3.04. The predicted octanol–water partition coefficient (Wildman–Crippen LogP) is 3.86. The Balaban J connectivity index is 1.88. The maximum absolute atomic E-state index is 12.7. The zero-order valence-electron chi connectivity index (χ0n) is 16.3. The fraction of sp³-hybridized carbons (Fsp3) is 0.571. The molecule has 0 saturated carbocycles. The van der Waals surface area contributed by atoms with Gasteiger partial charge in [-0.15, -0.1) is 0 Å². The molecule has 0 atom stereocenters. The van der Waals surface area contributed by atoms with E-state index >= 15 is 0 Å². The molecule has 0 radical (unpaired) electrons. The number of nitrogens with one attached hydrogen (secondary N) is 1. The molecule has 0 unspecified atom stereocenters. The normalized spacial score (nSPS) is 11.4. The van der Waals surface area contributed by atoms with Crippen molar-refractivity contribution in [2.24, 2.45) is 0 Å². The highest BCUT2D eigenvalue weighted by Crippen LogP contribution is 2.27. The van der Waals surface area contributed by atoms with E-state index in [1.165, 1.54) is 0 Å². The first-order valence-electron chi connectivity index (χ1n) is 9.79. The number of benzene rings is 1. The number of unbranched alkanes of at least 4 members (excludes halogenated alkanes) is 1. The minimum atomic E-state index is -0.0756. The van der Waals surface area contributed by atoms with Crippen molar-refractivity contribution in [3.63, 3.8) is 0 Å². The molecule has 0 saturated heterocycles. The topological polar surface area (TPSA) is 54.7 Å². The average molecular weight is 360 g/mol. The highest BCUT2D eigenvalue weighted by Gasteiger charge is 2.19. The second kappa shape index (κ2) is 11.0. The van der Waals surface area contributed by atoms with E-state index in [9.17, 15) is 4.79 Å². The molecule has 1 aromatic carbocycles. The van der Waals surface area contributed by atoms with E-state index in [0.29, 0.717) is 25.3 Å². The molecule has 1 aromatic heterocycles. The van der Waals surface area contributed by atoms with Gasteiger partial charge in [-0.1, -0.05) is 45.4 Å². The number of para-hydroxylation sites is 1. The van der Waals surface area contributed by atoms with Crippen molar-refractivity contribution in [1.29, 1.82) is 0 Å². The van der Waals surface area contributed by atoms with E-state index < -0.39 is 0 Å². The quantitative estimate of drug-likeness (QED) is 0.584. The van der Waals surface area contributed by atoms with Crippen LogP contribution in [0.2, 0.25) is 0 Å². The molecule has 0 aliphatic rings. The second-order valence-corrected chi connectivity index (χ2v) is 6.40. The number of fused-ring (bicyclic) bond motifs is 1. The molecular formula is C21H32N2O3. The van der Waals surface area contributed by atoms with Crippen molar-refractivity contribution < 1.29 is 13.9 Å². The van der Waals surface area contributed by atoms with Gasteiger partial charge in [0, 0.05) is 24.9 Å². The molecule has 0 aliphatic carbocycles. The van der Waals surface area contributed by atoms with E-state index in [4.69, 9.17) is 9.15 Å². The molecule has 144 valence electrons. The number of aryl methyl sites for hydroxylation is 1. The molecule has 1 amide bonds. The van der Waals surface area contributed by atoms with Crippen LogP contribution in [0, 0.1) is 0 Å². The minimum Gasteiger partial charge on any atom is -0.460 e. The number of likely N-dealkylation sites (N-methyl/N-ethyl adjacent to an activating group) is 1. The lowest BCUT2D eigenvalue weighted by Crippen LogP contribution is -2.30. The van der Waals surface area contributed by atoms with Crippen molar-refractivity contribution in [3.8, 4) is 0 Å². The van der Waals surface area contributed by atoms with Gasteiger partial charge in [0.05, 0.1) is 18.8 Å². The fourth-order valence-electron chi connectivity index (χ4n) is 3.02. The molecule has 0 bridgehead atoms. The number of hydrogen-bond acceptors (Lipinski definition) is 4. The molecule has 1 heterocycles. The highest BCUT2D eigenvalue weighted by molar-refractivity contribution is 6.07. The molecule has 2 aromatic rings. The number of ether oxygens (including phenoxy) is 1. The Morgan fingerprint density at radius 3 is 2.65 bits per heavy atom. The van der Waals surface area contributed by atoms with Gasteiger partial charge in [-0.05, 0) is 25.6 Å². The third kappa shape index (κ3) is 5.58. The smallest absolute Gasteiger partial charge is 0.255 e. The van der Waals surface area contributed by atoms with Gasteiger partial charge in [0.1, 0.15) is 11.3 Å². The van der Waals surface area contributed by atoms with Crippen LogP contribution in [0.15, 0.2) is 28.7 Å². The Hall–Kier alpha value is -1.85. The van der Waals surface area contributed by atoms with Crippen LogP contribution in [-0.2, 0) is 11.2 Å². The molecule has 0 fully saturated rings. The first-order chi connectivity index (χ1) is 12.7. The first-order valence-corrected chi connectivity index (χ1v) is 9.79. The standard InChI is InChI=1S/C21H32N2O3/c1-4-7-11-19-20(17-10-8-9-12-18(17)26-19)21(24)22-13-15-25-16-14-23(5-2)6-3/h8-10,12H,4-7,11,13-16H2,1-3H3,(H,22,24). The summed E-state index contributed by atoms with van der Waals surface area (Å²) >= 11 is 0. The summed E-state index contributed by atoms with van der Waals surface area (Å²) in [5, 5.41) is 3.86. The van der Waals surface area contributed by atoms with Crippen molar-refractivity contribution >= 4 is 16.9 Å². The maximum atomic E-state index is 12.7. The molecule has 0 aliphatic heterocycles. The number of nitrogens with zero attached hydrogens (tertiary/aromatic N) is 1. The summed E-state index contributed by atoms with van der Waals surface area (Å²) < 4.78 is 11.6. The van der Waals surface area contributed by atoms with Crippen LogP contribution in [-0.4, -0.2) is 50.2 Å². The first kappa shape index (κ1) is 20.5. The molecule has 1 N–H and O–H groups in total. The second-order valence-electron chi connectivity index (χ2n) is 6.40. The lowest BCUT2D eigenvalue weighted by Gasteiger charge is -2.17. The van der Waals surface area contributed by atoms with Gasteiger partial charge >= 0.3 is 0 Å². The Bertz CT molecular complexity index is 677. The summed E-state index contributed by atoms with van der Waals surface area (Å²) in [6.45, 7) is 11.1. The van der Waals surface area contributed by atoms with Crippen LogP contribution in [0.3, 0.4) is 0 Å². The van der Waals surface area contributed by atoms with Crippen LogP contribution in [0.4, 0.5) is 0 Å². The Labute approximate surface area is 156 Å². The van der Waals surface area contributed by atoms with Crippen LogP contribution in [0.5, 0.6) is 0 Å². The van der Waals surface area contributed by atoms with Crippen LogP contribution < -0.4 is 5.32 Å². The SMILES string of the molecule is CCCCc1oc2ccccc2c1C(=O)NCCOCCN(CC)CC. The molecule has 0 spiro atoms. The summed E-state index contributed by atoms with van der Waals surface area (Å²) in [6, 6.07) is 7.73. The zero-order chi connectivity index (χ0) is 18.8. The summed E-state index contributed by atoms with van der Waals surface area (Å²) in [6.07, 6.45) is 2.86. The van der Waals surface area contributed by atoms with Gasteiger partial charge < -0.3 is 19.4 Å². The van der Waals surface area contributed by atoms with Crippen LogP contribution in [0.1, 0.15) is 49.7 Å². The maximum Gasteiger partial charge on any atom is 0.255 e.